The summed E-state index contributed by atoms with van der Waals surface area (Å²) in [6.07, 6.45) is -10.8. The Hall–Kier alpha value is -1.53. The molecule has 0 aliphatic rings. The number of carbonyl (C=O) groups is 2. The van der Waals surface area contributed by atoms with Gasteiger partial charge in [-0.2, -0.15) is 0 Å². The topological polar surface area (TPSA) is 52.6 Å². The quantitative estimate of drug-likeness (QED) is 0.481. The first-order valence-electron chi connectivity index (χ1n) is 4.86. The molecule has 0 N–H and O–H groups in total. The van der Waals surface area contributed by atoms with Crippen LogP contribution >= 0.6 is 0 Å². The first kappa shape index (κ1) is 17.5. The van der Waals surface area contributed by atoms with Gasteiger partial charge in [0.1, 0.15) is 0 Å². The minimum absolute atomic E-state index is 0.211. The van der Waals surface area contributed by atoms with E-state index in [1.54, 1.807) is 0 Å². The molecule has 21 heavy (non-hydrogen) atoms. The monoisotopic (exact) mass is 430 g/mol. The summed E-state index contributed by atoms with van der Waals surface area (Å²) in [6, 6.07) is 6.18. The van der Waals surface area contributed by atoms with Crippen molar-refractivity contribution in [2.75, 3.05) is 0 Å². The molecular weight excluding hydrogens is 425 g/mol. The zero-order valence-electron chi connectivity index (χ0n) is 9.67. The first-order chi connectivity index (χ1) is 9.51. The molecule has 0 aliphatic carbocycles. The van der Waals surface area contributed by atoms with E-state index in [0.29, 0.717) is 0 Å². The van der Waals surface area contributed by atoms with E-state index in [1.807, 2.05) is 0 Å². The van der Waals surface area contributed by atoms with Crippen LogP contribution in [0.4, 0.5) is 26.3 Å². The third-order valence-electron chi connectivity index (χ3n) is 1.65. The molecule has 0 atom stereocenters. The van der Waals surface area contributed by atoms with Crippen molar-refractivity contribution in [1.82, 2.24) is 0 Å². The standard InChI is InChI=1S/C10H5F6IO4/c11-9(12,13)7(18)20-17(6-4-2-1-3-5-6)21-8(19)10(14,15)16/h1-5H/q-1. The first-order valence-corrected chi connectivity index (χ1v) is 7.70. The van der Waals surface area contributed by atoms with Crippen LogP contribution in [0.3, 0.4) is 0 Å². The van der Waals surface area contributed by atoms with Gasteiger partial charge in [-0.3, -0.25) is 0 Å². The third-order valence-corrected chi connectivity index (χ3v) is 4.99. The maximum atomic E-state index is 12.1. The molecule has 0 aromatic heterocycles. The van der Waals surface area contributed by atoms with E-state index in [4.69, 9.17) is 0 Å². The van der Waals surface area contributed by atoms with Crippen molar-refractivity contribution in [3.8, 4) is 0 Å². The molecule has 4 nitrogen and oxygen atoms in total. The number of hydrogen-bond donors (Lipinski definition) is 0. The van der Waals surface area contributed by atoms with Crippen molar-refractivity contribution >= 4 is 11.9 Å². The van der Waals surface area contributed by atoms with E-state index in [9.17, 15) is 35.9 Å². The predicted octanol–water partition coefficient (Wildman–Crippen LogP) is -0.478. The average Bonchev–Trinajstić information content (AvgIpc) is 2.36. The van der Waals surface area contributed by atoms with Crippen LogP contribution in [0.5, 0.6) is 0 Å². The van der Waals surface area contributed by atoms with Gasteiger partial charge in [0.25, 0.3) is 0 Å². The molecule has 0 unspecified atom stereocenters. The molecule has 1 rings (SSSR count). The molecule has 1 aromatic rings. The Kier molecular flexibility index (Phi) is 5.42. The Labute approximate surface area is 121 Å². The molecule has 0 fully saturated rings. The van der Waals surface area contributed by atoms with Gasteiger partial charge in [0.15, 0.2) is 0 Å². The Balaban J connectivity index is 2.97. The van der Waals surface area contributed by atoms with Gasteiger partial charge in [0.2, 0.25) is 0 Å². The third kappa shape index (κ3) is 5.40. The summed E-state index contributed by atoms with van der Waals surface area (Å²) < 4.78 is 80.1. The maximum absolute atomic E-state index is 12.1. The van der Waals surface area contributed by atoms with E-state index >= 15 is 0 Å². The summed E-state index contributed by atoms with van der Waals surface area (Å²) in [7, 11) is 0. The fraction of sp³-hybridized carbons (Fsp3) is 0.200. The van der Waals surface area contributed by atoms with Gasteiger partial charge in [0.05, 0.1) is 0 Å². The van der Waals surface area contributed by atoms with Crippen LogP contribution in [0.25, 0.3) is 0 Å². The van der Waals surface area contributed by atoms with E-state index < -0.39 is 44.9 Å². The van der Waals surface area contributed by atoms with Crippen LogP contribution in [0.2, 0.25) is 0 Å². The number of benzene rings is 1. The summed E-state index contributed by atoms with van der Waals surface area (Å²) in [5.74, 6) is -5.43. The van der Waals surface area contributed by atoms with Crippen molar-refractivity contribution in [1.29, 1.82) is 0 Å². The molecule has 0 amide bonds. The van der Waals surface area contributed by atoms with E-state index in [-0.39, 0.29) is 3.57 Å². The van der Waals surface area contributed by atoms with Crippen molar-refractivity contribution in [2.24, 2.45) is 0 Å². The second-order valence-corrected chi connectivity index (χ2v) is 6.60. The van der Waals surface area contributed by atoms with Crippen LogP contribution in [0.1, 0.15) is 0 Å². The summed E-state index contributed by atoms with van der Waals surface area (Å²) in [5, 5.41) is 0. The van der Waals surface area contributed by atoms with Crippen molar-refractivity contribution in [2.45, 2.75) is 12.4 Å². The second-order valence-electron chi connectivity index (χ2n) is 3.24. The summed E-state index contributed by atoms with van der Waals surface area (Å²) in [4.78, 5) is 21.4. The fourth-order valence-electron chi connectivity index (χ4n) is 0.837. The molecular formula is C10H5F6IO4-. The van der Waals surface area contributed by atoms with Crippen LogP contribution in [0.15, 0.2) is 30.3 Å². The Morgan fingerprint density at radius 1 is 0.810 bits per heavy atom. The van der Waals surface area contributed by atoms with Gasteiger partial charge in [-0.15, -0.1) is 0 Å². The van der Waals surface area contributed by atoms with Crippen molar-refractivity contribution < 1.29 is 62.7 Å². The Morgan fingerprint density at radius 3 is 1.52 bits per heavy atom. The van der Waals surface area contributed by atoms with E-state index in [2.05, 4.69) is 6.13 Å². The molecule has 0 spiro atoms. The molecule has 0 saturated heterocycles. The van der Waals surface area contributed by atoms with E-state index in [0.717, 1.165) is 12.1 Å². The van der Waals surface area contributed by atoms with Gasteiger partial charge in [0, 0.05) is 0 Å². The zero-order valence-corrected chi connectivity index (χ0v) is 11.8. The Bertz CT molecular complexity index is 485. The fourth-order valence-corrected chi connectivity index (χ4v) is 3.66. The van der Waals surface area contributed by atoms with Crippen LogP contribution in [-0.2, 0) is 15.7 Å². The second kappa shape index (κ2) is 6.49. The molecule has 0 heterocycles. The molecule has 1 aromatic carbocycles. The van der Waals surface area contributed by atoms with Crippen LogP contribution in [-0.4, -0.2) is 24.3 Å². The van der Waals surface area contributed by atoms with Gasteiger partial charge in [-0.05, 0) is 0 Å². The number of rotatable bonds is 3. The summed E-state index contributed by atoms with van der Waals surface area (Å²) in [6.45, 7) is 0. The van der Waals surface area contributed by atoms with Gasteiger partial charge >= 0.3 is 121 Å². The minimum atomic E-state index is -5.41. The Morgan fingerprint density at radius 2 is 1.19 bits per heavy atom. The van der Waals surface area contributed by atoms with Gasteiger partial charge < -0.3 is 0 Å². The SMILES string of the molecule is O=C(O[I-](OC(=O)C(F)(F)F)c1ccccc1)C(F)(F)F. The van der Waals surface area contributed by atoms with Gasteiger partial charge in [-0.1, -0.05) is 0 Å². The van der Waals surface area contributed by atoms with Crippen LogP contribution < -0.4 is 20.6 Å². The molecule has 0 aliphatic heterocycles. The predicted molar refractivity (Wildman–Crippen MR) is 49.4 cm³/mol. The molecule has 119 valence electrons. The number of hydrogen-bond acceptors (Lipinski definition) is 4. The molecule has 0 bridgehead atoms. The summed E-state index contributed by atoms with van der Waals surface area (Å²) in [5.41, 5.74) is 0. The van der Waals surface area contributed by atoms with Crippen molar-refractivity contribution in [3.63, 3.8) is 0 Å². The average molecular weight is 430 g/mol. The van der Waals surface area contributed by atoms with Gasteiger partial charge in [-0.25, -0.2) is 0 Å². The molecule has 11 heteroatoms. The summed E-state index contributed by atoms with van der Waals surface area (Å²) >= 11 is -4.25. The number of carbonyl (C=O) groups excluding carboxylic acids is 2. The zero-order chi connectivity index (χ0) is 16.3. The molecule has 1 radical (unpaired) electrons. The molecule has 0 saturated carbocycles. The number of halogens is 7. The van der Waals surface area contributed by atoms with Crippen molar-refractivity contribution in [3.05, 3.63) is 33.9 Å². The van der Waals surface area contributed by atoms with E-state index in [1.165, 1.54) is 18.2 Å². The number of alkyl halides is 6. The normalized spacial score (nSPS) is 12.6. The van der Waals surface area contributed by atoms with Crippen LogP contribution in [0, 0.1) is 3.57 Å².